The number of thiazole rings is 1. The number of nitrogens with zero attached hydrogens (tertiary/aromatic N) is 2. The first-order chi connectivity index (χ1) is 15.8. The summed E-state index contributed by atoms with van der Waals surface area (Å²) in [6.45, 7) is 0.495. The fourth-order valence-electron chi connectivity index (χ4n) is 3.61. The van der Waals surface area contributed by atoms with Gasteiger partial charge in [-0.3, -0.25) is 4.79 Å². The Labute approximate surface area is 205 Å². The van der Waals surface area contributed by atoms with E-state index in [1.54, 1.807) is 26.4 Å². The predicted molar refractivity (Wildman–Crippen MR) is 130 cm³/mol. The smallest absolute Gasteiger partial charge is 0.252 e. The Bertz CT molecular complexity index is 1260. The second-order valence-corrected chi connectivity index (χ2v) is 12.1. The molecule has 1 aliphatic rings. The number of amides is 1. The van der Waals surface area contributed by atoms with Crippen LogP contribution in [0.25, 0.3) is 11.3 Å². The van der Waals surface area contributed by atoms with E-state index in [9.17, 15) is 13.2 Å². The molecular formula is C21H22ClN3O5S3. The van der Waals surface area contributed by atoms with E-state index in [0.29, 0.717) is 46.0 Å². The SMILES string of the molecule is COc1ccc(-c2csc(NC(=O)C3CCCN(S(=O)(=O)c4ccc(Cl)s4)C3)n2)c(OC)c1. The zero-order valence-corrected chi connectivity index (χ0v) is 21.1. The molecule has 0 saturated carbocycles. The van der Waals surface area contributed by atoms with Crippen molar-refractivity contribution in [2.24, 2.45) is 5.92 Å². The Hall–Kier alpha value is -2.18. The Morgan fingerprint density at radius 2 is 2.06 bits per heavy atom. The van der Waals surface area contributed by atoms with Gasteiger partial charge in [0.05, 0.1) is 30.2 Å². The number of nitrogens with one attached hydrogen (secondary N) is 1. The number of halogens is 1. The lowest BCUT2D eigenvalue weighted by Gasteiger charge is -2.30. The number of aromatic nitrogens is 1. The number of hydrogen-bond donors (Lipinski definition) is 1. The fraction of sp³-hybridized carbons (Fsp3) is 0.333. The number of anilines is 1. The number of benzene rings is 1. The van der Waals surface area contributed by atoms with Crippen molar-refractivity contribution in [3.63, 3.8) is 0 Å². The van der Waals surface area contributed by atoms with Gasteiger partial charge in [0.2, 0.25) is 5.91 Å². The number of methoxy groups -OCH3 is 2. The molecule has 2 aromatic heterocycles. The number of thiophene rings is 1. The molecule has 1 N–H and O–H groups in total. The predicted octanol–water partition coefficient (Wildman–Crippen LogP) is 4.58. The van der Waals surface area contributed by atoms with E-state index in [1.807, 2.05) is 17.5 Å². The van der Waals surface area contributed by atoms with Gasteiger partial charge in [0.25, 0.3) is 10.0 Å². The molecule has 1 amide bonds. The summed E-state index contributed by atoms with van der Waals surface area (Å²) in [6.07, 6.45) is 1.20. The van der Waals surface area contributed by atoms with Crippen molar-refractivity contribution in [3.8, 4) is 22.8 Å². The average Bonchev–Trinajstić information content (AvgIpc) is 3.48. The van der Waals surface area contributed by atoms with Crippen LogP contribution in [0, 0.1) is 5.92 Å². The van der Waals surface area contributed by atoms with Crippen LogP contribution < -0.4 is 14.8 Å². The summed E-state index contributed by atoms with van der Waals surface area (Å²) >= 11 is 8.22. The van der Waals surface area contributed by atoms with E-state index in [1.165, 1.54) is 21.7 Å². The summed E-state index contributed by atoms with van der Waals surface area (Å²) in [4.78, 5) is 17.4. The Balaban J connectivity index is 1.45. The number of piperidine rings is 1. The molecule has 1 saturated heterocycles. The molecule has 1 unspecified atom stereocenters. The Morgan fingerprint density at radius 3 is 2.76 bits per heavy atom. The average molecular weight is 528 g/mol. The maximum atomic E-state index is 12.9. The van der Waals surface area contributed by atoms with Crippen molar-refractivity contribution in [2.75, 3.05) is 32.6 Å². The number of rotatable bonds is 7. The summed E-state index contributed by atoms with van der Waals surface area (Å²) in [6, 6.07) is 8.48. The maximum Gasteiger partial charge on any atom is 0.252 e. The van der Waals surface area contributed by atoms with Crippen LogP contribution in [0.5, 0.6) is 11.5 Å². The van der Waals surface area contributed by atoms with Crippen molar-refractivity contribution in [3.05, 3.63) is 40.0 Å². The number of sulfonamides is 1. The van der Waals surface area contributed by atoms with Crippen molar-refractivity contribution in [1.82, 2.24) is 9.29 Å². The molecule has 1 aliphatic heterocycles. The van der Waals surface area contributed by atoms with Gasteiger partial charge in [0.1, 0.15) is 15.7 Å². The lowest BCUT2D eigenvalue weighted by molar-refractivity contribution is -0.120. The van der Waals surface area contributed by atoms with Crippen LogP contribution >= 0.6 is 34.3 Å². The van der Waals surface area contributed by atoms with E-state index in [0.717, 1.165) is 16.9 Å². The van der Waals surface area contributed by atoms with Crippen molar-refractivity contribution in [1.29, 1.82) is 0 Å². The summed E-state index contributed by atoms with van der Waals surface area (Å²) < 4.78 is 38.4. The van der Waals surface area contributed by atoms with Gasteiger partial charge in [-0.15, -0.1) is 22.7 Å². The van der Waals surface area contributed by atoms with E-state index in [2.05, 4.69) is 10.3 Å². The minimum absolute atomic E-state index is 0.119. The molecule has 0 bridgehead atoms. The summed E-state index contributed by atoms with van der Waals surface area (Å²) in [5, 5.41) is 5.11. The third-order valence-corrected chi connectivity index (χ3v) is 9.64. The van der Waals surface area contributed by atoms with Gasteiger partial charge in [0.15, 0.2) is 5.13 Å². The molecule has 1 atom stereocenters. The largest absolute Gasteiger partial charge is 0.497 e. The molecule has 8 nitrogen and oxygen atoms in total. The highest BCUT2D eigenvalue weighted by Crippen LogP contribution is 2.35. The molecule has 0 aliphatic carbocycles. The molecule has 0 spiro atoms. The molecule has 1 aromatic carbocycles. The first-order valence-electron chi connectivity index (χ1n) is 10.1. The molecule has 12 heteroatoms. The number of ether oxygens (including phenoxy) is 2. The van der Waals surface area contributed by atoms with E-state index in [4.69, 9.17) is 21.1 Å². The summed E-state index contributed by atoms with van der Waals surface area (Å²) in [5.41, 5.74) is 1.44. The van der Waals surface area contributed by atoms with E-state index in [-0.39, 0.29) is 16.7 Å². The van der Waals surface area contributed by atoms with Gasteiger partial charge >= 0.3 is 0 Å². The lowest BCUT2D eigenvalue weighted by atomic mass is 9.99. The van der Waals surface area contributed by atoms with Crippen LogP contribution in [0.15, 0.2) is 39.9 Å². The van der Waals surface area contributed by atoms with Crippen LogP contribution in [-0.4, -0.2) is 50.9 Å². The zero-order chi connectivity index (χ0) is 23.6. The number of carbonyl (C=O) groups excluding carboxylic acids is 1. The minimum atomic E-state index is -3.68. The molecule has 3 heterocycles. The molecule has 33 heavy (non-hydrogen) atoms. The quantitative estimate of drug-likeness (QED) is 0.483. The maximum absolute atomic E-state index is 12.9. The number of hydrogen-bond acceptors (Lipinski definition) is 8. The van der Waals surface area contributed by atoms with Gasteiger partial charge < -0.3 is 14.8 Å². The van der Waals surface area contributed by atoms with E-state index < -0.39 is 15.9 Å². The molecule has 1 fully saturated rings. The van der Waals surface area contributed by atoms with Crippen molar-refractivity contribution >= 4 is 55.3 Å². The highest BCUT2D eigenvalue weighted by Gasteiger charge is 2.34. The summed E-state index contributed by atoms with van der Waals surface area (Å²) in [7, 11) is -0.524. The van der Waals surface area contributed by atoms with Crippen molar-refractivity contribution < 1.29 is 22.7 Å². The van der Waals surface area contributed by atoms with Crippen LogP contribution in [-0.2, 0) is 14.8 Å². The van der Waals surface area contributed by atoms with Crippen LogP contribution in [0.4, 0.5) is 5.13 Å². The first-order valence-corrected chi connectivity index (χ1v) is 13.6. The van der Waals surface area contributed by atoms with E-state index >= 15 is 0 Å². The molecular weight excluding hydrogens is 506 g/mol. The van der Waals surface area contributed by atoms with Crippen LogP contribution in [0.1, 0.15) is 12.8 Å². The highest BCUT2D eigenvalue weighted by molar-refractivity contribution is 7.91. The normalized spacial score (nSPS) is 17.0. The third-order valence-electron chi connectivity index (χ3n) is 5.32. The topological polar surface area (TPSA) is 97.8 Å². The zero-order valence-electron chi connectivity index (χ0n) is 17.9. The van der Waals surface area contributed by atoms with Crippen LogP contribution in [0.3, 0.4) is 0 Å². The molecule has 4 rings (SSSR count). The Kier molecular flexibility index (Phi) is 7.25. The second kappa shape index (κ2) is 9.98. The van der Waals surface area contributed by atoms with Gasteiger partial charge in [-0.25, -0.2) is 13.4 Å². The molecule has 3 aromatic rings. The third kappa shape index (κ3) is 5.17. The van der Waals surface area contributed by atoms with Gasteiger partial charge in [-0.1, -0.05) is 11.6 Å². The lowest BCUT2D eigenvalue weighted by Crippen LogP contribution is -2.43. The second-order valence-electron chi connectivity index (χ2n) is 7.35. The fourth-order valence-corrected chi connectivity index (χ4v) is 7.49. The van der Waals surface area contributed by atoms with Gasteiger partial charge in [0, 0.05) is 30.1 Å². The highest BCUT2D eigenvalue weighted by atomic mass is 35.5. The number of carbonyl (C=O) groups is 1. The van der Waals surface area contributed by atoms with Crippen LogP contribution in [0.2, 0.25) is 4.34 Å². The minimum Gasteiger partial charge on any atom is -0.497 e. The molecule has 0 radical (unpaired) electrons. The first kappa shape index (κ1) is 24.0. The monoisotopic (exact) mass is 527 g/mol. The molecule has 176 valence electrons. The summed E-state index contributed by atoms with van der Waals surface area (Å²) in [5.74, 6) is 0.564. The van der Waals surface area contributed by atoms with Gasteiger partial charge in [-0.05, 0) is 37.1 Å². The Morgan fingerprint density at radius 1 is 1.24 bits per heavy atom. The van der Waals surface area contributed by atoms with Gasteiger partial charge in [-0.2, -0.15) is 4.31 Å². The van der Waals surface area contributed by atoms with Crippen molar-refractivity contribution in [2.45, 2.75) is 17.1 Å². The standard InChI is InChI=1S/C21H22ClN3O5S3/c1-29-14-5-6-15(17(10-14)30-2)16-12-31-21(23-16)24-20(26)13-4-3-9-25(11-13)33(27,28)19-8-7-18(22)32-19/h5-8,10,12-13H,3-4,9,11H2,1-2H3,(H,23,24,26).